The summed E-state index contributed by atoms with van der Waals surface area (Å²) in [6.45, 7) is 0. The zero-order valence-electron chi connectivity index (χ0n) is 31.1. The molecule has 0 atom stereocenters. The number of aromatic nitrogens is 1. The highest BCUT2D eigenvalue weighted by molar-refractivity contribution is 6.11. The Labute approximate surface area is 330 Å². The van der Waals surface area contributed by atoms with Gasteiger partial charge in [-0.05, 0) is 112 Å². The van der Waals surface area contributed by atoms with E-state index in [0.29, 0.717) is 0 Å². The molecule has 0 radical (unpaired) electrons. The van der Waals surface area contributed by atoms with E-state index in [4.69, 9.17) is 4.42 Å². The fraction of sp³-hybridized carbons (Fsp3) is 0. The molecule has 0 spiro atoms. The number of nitrogens with zero attached hydrogens (tertiary/aromatic N) is 2. The number of hydrogen-bond acceptors (Lipinski definition) is 2. The van der Waals surface area contributed by atoms with Crippen molar-refractivity contribution in [1.29, 1.82) is 0 Å². The second-order valence-corrected chi connectivity index (χ2v) is 14.6. The van der Waals surface area contributed by atoms with Crippen LogP contribution in [0.15, 0.2) is 223 Å². The van der Waals surface area contributed by atoms with Crippen molar-refractivity contribution in [3.05, 3.63) is 218 Å². The summed E-state index contributed by atoms with van der Waals surface area (Å²) in [5.41, 5.74) is 15.5. The Morgan fingerprint density at radius 2 is 0.719 bits per heavy atom. The van der Waals surface area contributed by atoms with E-state index < -0.39 is 0 Å². The molecule has 3 nitrogen and oxygen atoms in total. The normalized spacial score (nSPS) is 11.5. The number of hydrogen-bond donors (Lipinski definition) is 0. The predicted molar refractivity (Wildman–Crippen MR) is 239 cm³/mol. The number of furan rings is 1. The average molecular weight is 729 g/mol. The molecule has 9 aromatic carbocycles. The fourth-order valence-corrected chi connectivity index (χ4v) is 8.47. The van der Waals surface area contributed by atoms with Crippen LogP contribution in [0.25, 0.3) is 82.8 Å². The Morgan fingerprint density at radius 1 is 0.298 bits per heavy atom. The van der Waals surface area contributed by atoms with Gasteiger partial charge < -0.3 is 13.9 Å². The molecule has 0 amide bonds. The van der Waals surface area contributed by atoms with Gasteiger partial charge in [0, 0.05) is 44.3 Å². The van der Waals surface area contributed by atoms with Crippen molar-refractivity contribution in [2.75, 3.05) is 4.90 Å². The first-order valence-corrected chi connectivity index (χ1v) is 19.4. The van der Waals surface area contributed by atoms with E-state index in [1.54, 1.807) is 0 Å². The van der Waals surface area contributed by atoms with Gasteiger partial charge in [-0.1, -0.05) is 140 Å². The molecule has 0 unspecified atom stereocenters. The number of anilines is 3. The highest BCUT2D eigenvalue weighted by Crippen LogP contribution is 2.41. The number of benzene rings is 9. The van der Waals surface area contributed by atoms with Gasteiger partial charge in [-0.3, -0.25) is 0 Å². The largest absolute Gasteiger partial charge is 0.456 e. The molecule has 3 heteroatoms. The van der Waals surface area contributed by atoms with Gasteiger partial charge in [0.15, 0.2) is 0 Å². The number of rotatable bonds is 7. The van der Waals surface area contributed by atoms with E-state index in [1.165, 1.54) is 44.1 Å². The Balaban J connectivity index is 1.04. The lowest BCUT2D eigenvalue weighted by atomic mass is 10.0. The molecule has 11 aromatic rings. The zero-order chi connectivity index (χ0) is 37.7. The lowest BCUT2D eigenvalue weighted by Crippen LogP contribution is -2.10. The molecule has 0 aliphatic rings. The molecule has 0 bridgehead atoms. The summed E-state index contributed by atoms with van der Waals surface area (Å²) in [6, 6.07) is 78.1. The Morgan fingerprint density at radius 3 is 1.26 bits per heavy atom. The average Bonchev–Trinajstić information content (AvgIpc) is 3.82. The summed E-state index contributed by atoms with van der Waals surface area (Å²) in [7, 11) is 0. The third-order valence-corrected chi connectivity index (χ3v) is 11.2. The van der Waals surface area contributed by atoms with Gasteiger partial charge in [0.2, 0.25) is 0 Å². The summed E-state index contributed by atoms with van der Waals surface area (Å²) in [5.74, 6) is 0. The van der Waals surface area contributed by atoms with E-state index in [2.05, 4.69) is 228 Å². The van der Waals surface area contributed by atoms with E-state index in [1.807, 2.05) is 0 Å². The maximum Gasteiger partial charge on any atom is 0.135 e. The smallest absolute Gasteiger partial charge is 0.135 e. The van der Waals surface area contributed by atoms with Gasteiger partial charge in [-0.15, -0.1) is 0 Å². The molecule has 57 heavy (non-hydrogen) atoms. The van der Waals surface area contributed by atoms with Crippen LogP contribution in [0.5, 0.6) is 0 Å². The molecule has 2 heterocycles. The second kappa shape index (κ2) is 13.6. The van der Waals surface area contributed by atoms with Crippen molar-refractivity contribution in [3.63, 3.8) is 0 Å². The summed E-state index contributed by atoms with van der Waals surface area (Å²) in [5, 5.41) is 4.69. The van der Waals surface area contributed by atoms with Crippen LogP contribution in [-0.4, -0.2) is 4.57 Å². The number of fused-ring (bicyclic) bond motifs is 6. The van der Waals surface area contributed by atoms with Crippen molar-refractivity contribution >= 4 is 60.8 Å². The van der Waals surface area contributed by atoms with Crippen LogP contribution in [-0.2, 0) is 0 Å². The minimum atomic E-state index is 0.876. The third kappa shape index (κ3) is 5.76. The van der Waals surface area contributed by atoms with Gasteiger partial charge in [0.05, 0.1) is 11.0 Å². The van der Waals surface area contributed by atoms with Crippen molar-refractivity contribution < 1.29 is 4.42 Å². The van der Waals surface area contributed by atoms with E-state index in [-0.39, 0.29) is 0 Å². The van der Waals surface area contributed by atoms with Crippen molar-refractivity contribution in [1.82, 2.24) is 4.57 Å². The van der Waals surface area contributed by atoms with Crippen LogP contribution in [0.2, 0.25) is 0 Å². The van der Waals surface area contributed by atoms with Crippen LogP contribution in [0.4, 0.5) is 17.1 Å². The fourth-order valence-electron chi connectivity index (χ4n) is 8.47. The molecule has 2 aromatic heterocycles. The highest BCUT2D eigenvalue weighted by atomic mass is 16.3. The summed E-state index contributed by atoms with van der Waals surface area (Å²) >= 11 is 0. The number of para-hydroxylation sites is 2. The quantitative estimate of drug-likeness (QED) is 0.163. The summed E-state index contributed by atoms with van der Waals surface area (Å²) in [6.07, 6.45) is 0. The highest BCUT2D eigenvalue weighted by Gasteiger charge is 2.18. The predicted octanol–water partition coefficient (Wildman–Crippen LogP) is 15.2. The first-order chi connectivity index (χ1) is 28.2. The lowest BCUT2D eigenvalue weighted by molar-refractivity contribution is 0.669. The standard InChI is InChI=1S/C54H36N2O/c1-3-14-37(15-4-1)39-18-11-21-43(32-39)55(44-22-12-19-40(33-44)38-16-5-2-6-17-38)45-23-13-20-41(34-45)42-28-30-53-49(35-42)50-36-46(29-31-54(50)57-53)56-51-26-9-7-24-47(51)48-25-8-10-27-52(48)56/h1-36H. The van der Waals surface area contributed by atoms with Gasteiger partial charge in [-0.25, -0.2) is 0 Å². The minimum absolute atomic E-state index is 0.876. The van der Waals surface area contributed by atoms with Crippen LogP contribution in [0.1, 0.15) is 0 Å². The topological polar surface area (TPSA) is 21.3 Å². The van der Waals surface area contributed by atoms with Crippen LogP contribution in [0, 0.1) is 0 Å². The van der Waals surface area contributed by atoms with E-state index in [0.717, 1.165) is 55.8 Å². The monoisotopic (exact) mass is 728 g/mol. The molecule has 0 aliphatic heterocycles. The van der Waals surface area contributed by atoms with Gasteiger partial charge >= 0.3 is 0 Å². The maximum atomic E-state index is 6.45. The zero-order valence-corrected chi connectivity index (χ0v) is 31.1. The van der Waals surface area contributed by atoms with E-state index in [9.17, 15) is 0 Å². The van der Waals surface area contributed by atoms with Crippen LogP contribution in [0.3, 0.4) is 0 Å². The molecule has 0 aliphatic carbocycles. The molecule has 268 valence electrons. The summed E-state index contributed by atoms with van der Waals surface area (Å²) < 4.78 is 8.81. The molecular weight excluding hydrogens is 693 g/mol. The Kier molecular flexibility index (Phi) is 7.82. The summed E-state index contributed by atoms with van der Waals surface area (Å²) in [4.78, 5) is 2.37. The maximum absolute atomic E-state index is 6.45. The lowest BCUT2D eigenvalue weighted by Gasteiger charge is -2.27. The van der Waals surface area contributed by atoms with Crippen LogP contribution < -0.4 is 4.90 Å². The van der Waals surface area contributed by atoms with Crippen molar-refractivity contribution in [2.24, 2.45) is 0 Å². The van der Waals surface area contributed by atoms with Gasteiger partial charge in [0.25, 0.3) is 0 Å². The Hall–Kier alpha value is -7.62. The molecule has 11 rings (SSSR count). The first kappa shape index (κ1) is 32.8. The Bertz CT molecular complexity index is 3110. The SMILES string of the molecule is c1ccc(-c2cccc(N(c3cccc(-c4ccccc4)c3)c3cccc(-c4ccc5oc6ccc(-n7c8ccccc8c8ccccc87)cc6c5c4)c3)c2)cc1. The minimum Gasteiger partial charge on any atom is -0.456 e. The molecule has 0 fully saturated rings. The van der Waals surface area contributed by atoms with Gasteiger partial charge in [0.1, 0.15) is 11.2 Å². The van der Waals surface area contributed by atoms with E-state index >= 15 is 0 Å². The molecule has 0 saturated heterocycles. The van der Waals surface area contributed by atoms with Gasteiger partial charge in [-0.2, -0.15) is 0 Å². The van der Waals surface area contributed by atoms with Crippen LogP contribution >= 0.6 is 0 Å². The molecular formula is C54H36N2O. The second-order valence-electron chi connectivity index (χ2n) is 14.6. The third-order valence-electron chi connectivity index (χ3n) is 11.2. The van der Waals surface area contributed by atoms with Crippen molar-refractivity contribution in [2.45, 2.75) is 0 Å². The molecule has 0 N–H and O–H groups in total. The van der Waals surface area contributed by atoms with Crippen molar-refractivity contribution in [3.8, 4) is 39.1 Å². The first-order valence-electron chi connectivity index (χ1n) is 19.4. The molecule has 0 saturated carbocycles.